The molecule has 11 atom stereocenters. The van der Waals surface area contributed by atoms with Crippen LogP contribution in [0.15, 0.2) is 102 Å². The summed E-state index contributed by atoms with van der Waals surface area (Å²) in [7, 11) is 0. The highest BCUT2D eigenvalue weighted by Crippen LogP contribution is 2.65. The number of benzene rings is 3. The van der Waals surface area contributed by atoms with Crippen LogP contribution in [0.1, 0.15) is 88.8 Å². The summed E-state index contributed by atoms with van der Waals surface area (Å²) in [4.78, 5) is 70.9. The van der Waals surface area contributed by atoms with E-state index in [1.807, 2.05) is 37.3 Å². The maximum Gasteiger partial charge on any atom is 0.338 e. The number of nitrogens with two attached hydrogens (primary N) is 1. The van der Waals surface area contributed by atoms with Gasteiger partial charge in [-0.25, -0.2) is 9.59 Å². The Morgan fingerprint density at radius 2 is 1.49 bits per heavy atom. The Hall–Kier alpha value is -5.25. The predicted molar refractivity (Wildman–Crippen MR) is 226 cm³/mol. The zero-order chi connectivity index (χ0) is 45.5. The van der Waals surface area contributed by atoms with Gasteiger partial charge in [-0.05, 0) is 53.7 Å². The first-order valence-corrected chi connectivity index (χ1v) is 21.3. The lowest BCUT2D eigenvalue weighted by Crippen LogP contribution is -2.80. The lowest BCUT2D eigenvalue weighted by molar-refractivity contribution is -0.340. The van der Waals surface area contributed by atoms with Crippen molar-refractivity contribution < 1.29 is 62.2 Å². The van der Waals surface area contributed by atoms with E-state index in [4.69, 9.17) is 38.9 Å². The molecule has 7 rings (SSSR count). The third-order valence-corrected chi connectivity index (χ3v) is 14.1. The Kier molecular flexibility index (Phi) is 12.9. The maximum atomic E-state index is 15.7. The minimum absolute atomic E-state index is 0.161. The highest BCUT2D eigenvalue weighted by molar-refractivity contribution is 5.95. The van der Waals surface area contributed by atoms with Crippen LogP contribution < -0.4 is 5.73 Å². The molecule has 3 aromatic rings. The SMILES string of the molecule is CC(=O)O[C@H]1C(=O)[C@@]2(C)[C@H]([C@H](OC(=O)c3ccccc3)[C@]3(O)C[C@H](OC(=O)[C@@H](OCOCc4ccccc4)[C@@H](N)c4ccccc4)C(C)=C1C3(C)C)[C@]1(OC(C)=O)CO[C@@H]1C[C@@H]2C. The first-order valence-electron chi connectivity index (χ1n) is 21.3. The minimum atomic E-state index is -2.22. The molecule has 14 nitrogen and oxygen atoms in total. The molecule has 336 valence electrons. The van der Waals surface area contributed by atoms with E-state index >= 15 is 4.79 Å². The molecule has 0 unspecified atom stereocenters. The molecule has 3 fully saturated rings. The van der Waals surface area contributed by atoms with Crippen LogP contribution >= 0.6 is 0 Å². The summed E-state index contributed by atoms with van der Waals surface area (Å²) in [6.45, 7) is 10.6. The van der Waals surface area contributed by atoms with Crippen molar-refractivity contribution in [3.63, 3.8) is 0 Å². The van der Waals surface area contributed by atoms with E-state index in [-0.39, 0.29) is 44.0 Å². The fourth-order valence-electron chi connectivity index (χ4n) is 10.5. The summed E-state index contributed by atoms with van der Waals surface area (Å²) >= 11 is 0. The van der Waals surface area contributed by atoms with E-state index in [2.05, 4.69) is 0 Å². The molecular weight excluding hydrogens is 811 g/mol. The van der Waals surface area contributed by atoms with Gasteiger partial charge in [-0.15, -0.1) is 0 Å². The topological polar surface area (TPSA) is 196 Å². The monoisotopic (exact) mass is 867 g/mol. The number of aliphatic hydroxyl groups is 1. The van der Waals surface area contributed by atoms with Gasteiger partial charge >= 0.3 is 23.9 Å². The normalized spacial score (nSPS) is 31.7. The zero-order valence-corrected chi connectivity index (χ0v) is 36.7. The quantitative estimate of drug-likeness (QED) is 0.0694. The largest absolute Gasteiger partial charge is 0.456 e. The van der Waals surface area contributed by atoms with Crippen molar-refractivity contribution in [3.05, 3.63) is 119 Å². The van der Waals surface area contributed by atoms with Gasteiger partial charge in [0.05, 0.1) is 30.7 Å². The van der Waals surface area contributed by atoms with Gasteiger partial charge < -0.3 is 44.0 Å². The van der Waals surface area contributed by atoms with Crippen LogP contribution in [0.4, 0.5) is 0 Å². The first-order chi connectivity index (χ1) is 29.9. The van der Waals surface area contributed by atoms with Crippen LogP contribution in [0.3, 0.4) is 0 Å². The van der Waals surface area contributed by atoms with Gasteiger partial charge in [0.2, 0.25) is 0 Å². The van der Waals surface area contributed by atoms with Gasteiger partial charge in [0, 0.05) is 31.1 Å². The number of hydrogen-bond acceptors (Lipinski definition) is 14. The van der Waals surface area contributed by atoms with Gasteiger partial charge in [0.25, 0.3) is 0 Å². The van der Waals surface area contributed by atoms with Crippen LogP contribution in [0, 0.1) is 22.7 Å². The maximum absolute atomic E-state index is 15.7. The number of carbonyl (C=O) groups excluding carboxylic acids is 5. The summed E-state index contributed by atoms with van der Waals surface area (Å²) in [6, 6.07) is 25.4. The molecule has 0 aromatic heterocycles. The molecule has 3 aliphatic carbocycles. The number of fused-ring (bicyclic) bond motifs is 5. The van der Waals surface area contributed by atoms with E-state index in [0.717, 1.165) is 5.56 Å². The Bertz CT molecular complexity index is 2230. The second kappa shape index (κ2) is 17.7. The molecule has 0 spiro atoms. The minimum Gasteiger partial charge on any atom is -0.456 e. The second-order valence-electron chi connectivity index (χ2n) is 18.0. The molecule has 2 saturated carbocycles. The van der Waals surface area contributed by atoms with Gasteiger partial charge in [-0.1, -0.05) is 107 Å². The number of esters is 4. The van der Waals surface area contributed by atoms with Gasteiger partial charge in [-0.2, -0.15) is 0 Å². The number of ether oxygens (including phenoxy) is 7. The molecule has 0 radical (unpaired) electrons. The van der Waals surface area contributed by atoms with Crippen molar-refractivity contribution in [1.29, 1.82) is 0 Å². The molecular formula is C49H57NO13. The van der Waals surface area contributed by atoms with E-state index in [0.29, 0.717) is 11.1 Å². The van der Waals surface area contributed by atoms with Crippen molar-refractivity contribution in [2.75, 3.05) is 13.4 Å². The van der Waals surface area contributed by atoms with Gasteiger partial charge in [0.1, 0.15) is 30.7 Å². The van der Waals surface area contributed by atoms with Crippen LogP contribution in [0.5, 0.6) is 0 Å². The molecule has 4 aliphatic rings. The van der Waals surface area contributed by atoms with Crippen molar-refractivity contribution in [3.8, 4) is 0 Å². The van der Waals surface area contributed by atoms with Gasteiger partial charge in [0.15, 0.2) is 23.6 Å². The van der Waals surface area contributed by atoms with Crippen LogP contribution in [0.25, 0.3) is 0 Å². The van der Waals surface area contributed by atoms with Crippen LogP contribution in [0.2, 0.25) is 0 Å². The molecule has 1 heterocycles. The Morgan fingerprint density at radius 1 is 0.873 bits per heavy atom. The molecule has 14 heteroatoms. The lowest BCUT2D eigenvalue weighted by Gasteiger charge is -2.68. The Labute approximate surface area is 367 Å². The molecule has 1 saturated heterocycles. The highest BCUT2D eigenvalue weighted by Gasteiger charge is 2.77. The summed E-state index contributed by atoms with van der Waals surface area (Å²) in [5.41, 5.74) is 1.95. The highest BCUT2D eigenvalue weighted by atomic mass is 16.7. The standard InChI is InChI=1S/C49H57NO13/c1-28-23-36-48(26-58-36,63-31(4)52)41-43(62-44(54)34-21-15-10-16-22-34)49(56)24-35(29(2)37(46(49,5)6)39(60-30(3)51)42(53)47(28,41)7)61-45(55)40(38(50)33-19-13-9-14-20-33)59-27-57-25-32-17-11-8-12-18-32/h8-22,28,35-36,38-41,43,56H,23-27,50H2,1-7H3/t28-,35-,36+,38-,39+,40-,41-,43-,47+,48-,49+/m0/s1. The lowest BCUT2D eigenvalue weighted by atomic mass is 9.43. The van der Waals surface area contributed by atoms with Crippen molar-refractivity contribution in [2.24, 2.45) is 28.4 Å². The number of carbonyl (C=O) groups is 5. The summed E-state index contributed by atoms with van der Waals surface area (Å²) in [6.07, 6.45) is -6.84. The molecule has 2 bridgehead atoms. The second-order valence-corrected chi connectivity index (χ2v) is 18.0. The summed E-state index contributed by atoms with van der Waals surface area (Å²) < 4.78 is 43.1. The third kappa shape index (κ3) is 8.12. The molecule has 3 N–H and O–H groups in total. The number of rotatable bonds is 13. The van der Waals surface area contributed by atoms with Crippen molar-refractivity contribution in [1.82, 2.24) is 0 Å². The third-order valence-electron chi connectivity index (χ3n) is 14.1. The number of hydrogen-bond donors (Lipinski definition) is 2. The van der Waals surface area contributed by atoms with E-state index < -0.39 is 100 Å². The first kappa shape index (κ1) is 45.8. The fourth-order valence-corrected chi connectivity index (χ4v) is 10.5. The van der Waals surface area contributed by atoms with Crippen LogP contribution in [-0.4, -0.2) is 89.9 Å². The Balaban J connectivity index is 1.36. The zero-order valence-electron chi connectivity index (χ0n) is 36.7. The molecule has 1 aliphatic heterocycles. The molecule has 63 heavy (non-hydrogen) atoms. The van der Waals surface area contributed by atoms with Crippen LogP contribution in [-0.2, 0) is 58.9 Å². The molecule has 0 amide bonds. The number of ketones is 1. The average Bonchev–Trinajstić information content (AvgIpc) is 3.25. The summed E-state index contributed by atoms with van der Waals surface area (Å²) in [5.74, 6) is -5.55. The Morgan fingerprint density at radius 3 is 2.08 bits per heavy atom. The van der Waals surface area contributed by atoms with Crippen molar-refractivity contribution in [2.45, 2.75) is 116 Å². The van der Waals surface area contributed by atoms with E-state index in [1.54, 1.807) is 88.4 Å². The van der Waals surface area contributed by atoms with Gasteiger partial charge in [-0.3, -0.25) is 14.4 Å². The van der Waals surface area contributed by atoms with Crippen molar-refractivity contribution >= 4 is 29.7 Å². The smallest absolute Gasteiger partial charge is 0.338 e. The van der Waals surface area contributed by atoms with E-state index in [1.165, 1.54) is 13.8 Å². The number of Topliss-reactive ketones (excluding diaryl/α,β-unsaturated/α-hetero) is 1. The fraction of sp³-hybridized carbons (Fsp3) is 0.490. The average molecular weight is 868 g/mol. The predicted octanol–water partition coefficient (Wildman–Crippen LogP) is 5.74. The van der Waals surface area contributed by atoms with E-state index in [9.17, 15) is 24.3 Å². The molecule has 3 aromatic carbocycles. The summed E-state index contributed by atoms with van der Waals surface area (Å²) in [5, 5.41) is 13.8.